The molecule has 0 saturated heterocycles. The van der Waals surface area contributed by atoms with E-state index in [1.165, 1.54) is 57.8 Å². The van der Waals surface area contributed by atoms with Crippen molar-refractivity contribution in [3.8, 4) is 0 Å². The minimum atomic E-state index is 0.840. The third-order valence-corrected chi connectivity index (χ3v) is 4.45. The van der Waals surface area contributed by atoms with Crippen molar-refractivity contribution in [2.45, 2.75) is 63.8 Å². The first-order chi connectivity index (χ1) is 6.92. The molecular formula is C13H25N. The van der Waals surface area contributed by atoms with Crippen molar-refractivity contribution in [2.75, 3.05) is 7.05 Å². The number of rotatable bonds is 2. The lowest BCUT2D eigenvalue weighted by Crippen LogP contribution is -2.40. The molecule has 0 spiro atoms. The van der Waals surface area contributed by atoms with Crippen molar-refractivity contribution in [3.63, 3.8) is 0 Å². The van der Waals surface area contributed by atoms with Crippen LogP contribution in [0, 0.1) is 11.8 Å². The Morgan fingerprint density at radius 3 is 2.14 bits per heavy atom. The zero-order valence-corrected chi connectivity index (χ0v) is 9.60. The smallest absolute Gasteiger partial charge is 0.00949 e. The van der Waals surface area contributed by atoms with Gasteiger partial charge in [-0.1, -0.05) is 44.9 Å². The van der Waals surface area contributed by atoms with E-state index in [0.29, 0.717) is 0 Å². The summed E-state index contributed by atoms with van der Waals surface area (Å²) in [7, 11) is 2.16. The summed E-state index contributed by atoms with van der Waals surface area (Å²) in [6, 6.07) is 0.840. The molecule has 2 aliphatic carbocycles. The molecule has 0 amide bonds. The van der Waals surface area contributed by atoms with E-state index >= 15 is 0 Å². The number of hydrogen-bond acceptors (Lipinski definition) is 1. The van der Waals surface area contributed by atoms with Crippen LogP contribution in [0.25, 0.3) is 0 Å². The van der Waals surface area contributed by atoms with Crippen molar-refractivity contribution in [1.29, 1.82) is 0 Å². The summed E-state index contributed by atoms with van der Waals surface area (Å²) < 4.78 is 0. The van der Waals surface area contributed by atoms with E-state index in [9.17, 15) is 0 Å². The maximum atomic E-state index is 3.55. The van der Waals surface area contributed by atoms with Crippen molar-refractivity contribution >= 4 is 0 Å². The van der Waals surface area contributed by atoms with Gasteiger partial charge < -0.3 is 5.32 Å². The lowest BCUT2D eigenvalue weighted by molar-refractivity contribution is 0.155. The van der Waals surface area contributed by atoms with Crippen molar-refractivity contribution < 1.29 is 0 Å². The molecule has 0 heterocycles. The summed E-state index contributed by atoms with van der Waals surface area (Å²) in [4.78, 5) is 0. The van der Waals surface area contributed by atoms with Crippen molar-refractivity contribution in [2.24, 2.45) is 11.8 Å². The van der Waals surface area contributed by atoms with Gasteiger partial charge >= 0.3 is 0 Å². The minimum Gasteiger partial charge on any atom is -0.317 e. The predicted molar refractivity (Wildman–Crippen MR) is 61.4 cm³/mol. The lowest BCUT2D eigenvalue weighted by atomic mass is 9.71. The molecule has 2 atom stereocenters. The average molecular weight is 195 g/mol. The molecule has 2 aliphatic rings. The van der Waals surface area contributed by atoms with E-state index in [2.05, 4.69) is 12.4 Å². The Labute approximate surface area is 88.7 Å². The normalized spacial score (nSPS) is 35.8. The van der Waals surface area contributed by atoms with Crippen molar-refractivity contribution in [3.05, 3.63) is 0 Å². The Morgan fingerprint density at radius 1 is 0.786 bits per heavy atom. The number of hydrogen-bond donors (Lipinski definition) is 1. The van der Waals surface area contributed by atoms with Crippen LogP contribution in [0.1, 0.15) is 57.8 Å². The summed E-state index contributed by atoms with van der Waals surface area (Å²) in [6.07, 6.45) is 13.4. The van der Waals surface area contributed by atoms with Gasteiger partial charge in [0.1, 0.15) is 0 Å². The highest BCUT2D eigenvalue weighted by molar-refractivity contribution is 4.85. The first kappa shape index (κ1) is 10.5. The predicted octanol–water partition coefficient (Wildman–Crippen LogP) is 3.34. The highest BCUT2D eigenvalue weighted by Crippen LogP contribution is 2.38. The zero-order chi connectivity index (χ0) is 9.80. The summed E-state index contributed by atoms with van der Waals surface area (Å²) in [6.45, 7) is 0. The molecule has 2 rings (SSSR count). The molecule has 1 N–H and O–H groups in total. The minimum absolute atomic E-state index is 0.840. The Hall–Kier alpha value is -0.0400. The Morgan fingerprint density at radius 2 is 1.43 bits per heavy atom. The molecular weight excluding hydrogens is 170 g/mol. The molecule has 0 aromatic heterocycles. The summed E-state index contributed by atoms with van der Waals surface area (Å²) >= 11 is 0. The van der Waals surface area contributed by atoms with Gasteiger partial charge in [0.15, 0.2) is 0 Å². The van der Waals surface area contributed by atoms with Gasteiger partial charge in [0.25, 0.3) is 0 Å². The summed E-state index contributed by atoms with van der Waals surface area (Å²) in [5, 5.41) is 3.55. The standard InChI is InChI=1S/C13H25N/c1-14-13-10-6-5-9-12(13)11-7-3-2-4-8-11/h11-14H,2-10H2,1H3/t12-,13-/m0/s1. The Bertz CT molecular complexity index is 161. The largest absolute Gasteiger partial charge is 0.317 e. The quantitative estimate of drug-likeness (QED) is 0.712. The number of nitrogens with one attached hydrogen (secondary N) is 1. The molecule has 0 unspecified atom stereocenters. The van der Waals surface area contributed by atoms with Crippen LogP contribution in [0.5, 0.6) is 0 Å². The molecule has 2 fully saturated rings. The van der Waals surface area contributed by atoms with Crippen LogP contribution in [0.15, 0.2) is 0 Å². The highest BCUT2D eigenvalue weighted by atomic mass is 14.9. The van der Waals surface area contributed by atoms with Crippen LogP contribution in [0.2, 0.25) is 0 Å². The van der Waals surface area contributed by atoms with Crippen LogP contribution in [0.4, 0.5) is 0 Å². The van der Waals surface area contributed by atoms with Gasteiger partial charge in [-0.25, -0.2) is 0 Å². The van der Waals surface area contributed by atoms with Gasteiger partial charge in [-0.2, -0.15) is 0 Å². The third-order valence-electron chi connectivity index (χ3n) is 4.45. The zero-order valence-electron chi connectivity index (χ0n) is 9.60. The molecule has 0 aliphatic heterocycles. The highest BCUT2D eigenvalue weighted by Gasteiger charge is 2.31. The Kier molecular flexibility index (Phi) is 3.86. The van der Waals surface area contributed by atoms with Crippen LogP contribution in [0.3, 0.4) is 0 Å². The van der Waals surface area contributed by atoms with E-state index in [-0.39, 0.29) is 0 Å². The molecule has 1 heteroatoms. The van der Waals surface area contributed by atoms with Gasteiger partial charge in [-0.3, -0.25) is 0 Å². The van der Waals surface area contributed by atoms with Crippen LogP contribution >= 0.6 is 0 Å². The SMILES string of the molecule is CN[C@H]1CCCC[C@H]1C1CCCCC1. The van der Waals surface area contributed by atoms with Crippen LogP contribution < -0.4 is 5.32 Å². The lowest BCUT2D eigenvalue weighted by Gasteiger charge is -2.38. The van der Waals surface area contributed by atoms with E-state index in [1.54, 1.807) is 0 Å². The van der Waals surface area contributed by atoms with Crippen LogP contribution in [-0.2, 0) is 0 Å². The van der Waals surface area contributed by atoms with Crippen molar-refractivity contribution in [1.82, 2.24) is 5.32 Å². The second-order valence-electron chi connectivity index (χ2n) is 5.24. The van der Waals surface area contributed by atoms with Gasteiger partial charge in [0, 0.05) is 6.04 Å². The fourth-order valence-electron chi connectivity index (χ4n) is 3.64. The van der Waals surface area contributed by atoms with E-state index < -0.39 is 0 Å². The molecule has 0 radical (unpaired) electrons. The topological polar surface area (TPSA) is 12.0 Å². The van der Waals surface area contributed by atoms with Gasteiger partial charge in [-0.15, -0.1) is 0 Å². The summed E-state index contributed by atoms with van der Waals surface area (Å²) in [5.41, 5.74) is 0. The Balaban J connectivity index is 1.91. The maximum absolute atomic E-state index is 3.55. The fraction of sp³-hybridized carbons (Fsp3) is 1.00. The van der Waals surface area contributed by atoms with Gasteiger partial charge in [-0.05, 0) is 31.7 Å². The summed E-state index contributed by atoms with van der Waals surface area (Å²) in [5.74, 6) is 2.07. The van der Waals surface area contributed by atoms with E-state index in [0.717, 1.165) is 17.9 Å². The average Bonchev–Trinajstić information content (AvgIpc) is 2.30. The molecule has 14 heavy (non-hydrogen) atoms. The molecule has 82 valence electrons. The molecule has 1 nitrogen and oxygen atoms in total. The van der Waals surface area contributed by atoms with E-state index in [1.807, 2.05) is 0 Å². The second-order valence-corrected chi connectivity index (χ2v) is 5.24. The maximum Gasteiger partial charge on any atom is 0.00949 e. The van der Waals surface area contributed by atoms with Gasteiger partial charge in [0.05, 0.1) is 0 Å². The first-order valence-electron chi connectivity index (χ1n) is 6.59. The molecule has 0 bridgehead atoms. The molecule has 2 saturated carbocycles. The third kappa shape index (κ3) is 2.31. The monoisotopic (exact) mass is 195 g/mol. The van der Waals surface area contributed by atoms with Gasteiger partial charge in [0.2, 0.25) is 0 Å². The fourth-order valence-corrected chi connectivity index (χ4v) is 3.64. The molecule has 0 aromatic carbocycles. The second kappa shape index (κ2) is 5.16. The van der Waals surface area contributed by atoms with Crippen LogP contribution in [-0.4, -0.2) is 13.1 Å². The molecule has 0 aromatic rings. The first-order valence-corrected chi connectivity index (χ1v) is 6.59. The van der Waals surface area contributed by atoms with E-state index in [4.69, 9.17) is 0 Å².